The van der Waals surface area contributed by atoms with Gasteiger partial charge in [0.05, 0.1) is 10.6 Å². The molecule has 0 amide bonds. The molecule has 0 saturated carbocycles. The first-order chi connectivity index (χ1) is 7.95. The molecule has 0 spiro atoms. The third kappa shape index (κ3) is 3.70. The molecule has 0 bridgehead atoms. The van der Waals surface area contributed by atoms with E-state index in [1.165, 1.54) is 0 Å². The predicted octanol–water partition coefficient (Wildman–Crippen LogP) is 4.12. The van der Waals surface area contributed by atoms with Crippen LogP contribution in [0.4, 0.5) is 11.4 Å². The molecule has 1 aromatic rings. The Bertz CT molecular complexity index is 421. The quantitative estimate of drug-likeness (QED) is 0.657. The van der Waals surface area contributed by atoms with E-state index in [9.17, 15) is 10.1 Å². The Kier molecular flexibility index (Phi) is 4.93. The van der Waals surface area contributed by atoms with E-state index in [0.717, 1.165) is 23.1 Å². The average molecular weight is 301 g/mol. The molecule has 17 heavy (non-hydrogen) atoms. The Hall–Kier alpha value is -1.10. The van der Waals surface area contributed by atoms with Crippen LogP contribution in [-0.4, -0.2) is 11.5 Å². The van der Waals surface area contributed by atoms with E-state index in [1.807, 2.05) is 0 Å². The van der Waals surface area contributed by atoms with Gasteiger partial charge in [0, 0.05) is 22.6 Å². The van der Waals surface area contributed by atoms with Gasteiger partial charge >= 0.3 is 0 Å². The first-order valence-corrected chi connectivity index (χ1v) is 6.43. The van der Waals surface area contributed by atoms with Crippen molar-refractivity contribution >= 4 is 27.3 Å². The van der Waals surface area contributed by atoms with Crippen LogP contribution < -0.4 is 5.32 Å². The Morgan fingerprint density at radius 1 is 1.53 bits per heavy atom. The topological polar surface area (TPSA) is 55.2 Å². The van der Waals surface area contributed by atoms with Crippen LogP contribution in [0.1, 0.15) is 25.8 Å². The fourth-order valence-electron chi connectivity index (χ4n) is 1.42. The summed E-state index contributed by atoms with van der Waals surface area (Å²) in [5, 5.41) is 14.1. The molecule has 0 saturated heterocycles. The van der Waals surface area contributed by atoms with E-state index >= 15 is 0 Å². The molecule has 0 fully saturated rings. The fraction of sp³-hybridized carbons (Fsp3) is 0.500. The highest BCUT2D eigenvalue weighted by atomic mass is 79.9. The number of hydrogen-bond donors (Lipinski definition) is 1. The lowest BCUT2D eigenvalue weighted by Crippen LogP contribution is -2.11. The Balaban J connectivity index is 2.92. The predicted molar refractivity (Wildman–Crippen MR) is 73.5 cm³/mol. The lowest BCUT2D eigenvalue weighted by atomic mass is 10.1. The second kappa shape index (κ2) is 6.00. The lowest BCUT2D eigenvalue weighted by molar-refractivity contribution is -0.385. The summed E-state index contributed by atoms with van der Waals surface area (Å²) in [5.41, 5.74) is 1.60. The van der Waals surface area contributed by atoms with Gasteiger partial charge in [0.25, 0.3) is 5.69 Å². The molecule has 94 valence electrons. The van der Waals surface area contributed by atoms with Gasteiger partial charge in [-0.25, -0.2) is 0 Å². The maximum Gasteiger partial charge on any atom is 0.274 e. The molecule has 0 aliphatic carbocycles. The third-order valence-corrected chi connectivity index (χ3v) is 3.48. The van der Waals surface area contributed by atoms with Crippen molar-refractivity contribution in [3.8, 4) is 0 Å². The maximum absolute atomic E-state index is 10.8. The van der Waals surface area contributed by atoms with Crippen LogP contribution in [0, 0.1) is 23.0 Å². The molecule has 1 aromatic carbocycles. The summed E-state index contributed by atoms with van der Waals surface area (Å²) in [7, 11) is 0. The van der Waals surface area contributed by atoms with E-state index in [1.54, 1.807) is 19.1 Å². The van der Waals surface area contributed by atoms with E-state index in [4.69, 9.17) is 0 Å². The van der Waals surface area contributed by atoms with E-state index in [2.05, 4.69) is 35.1 Å². The second-order valence-corrected chi connectivity index (χ2v) is 5.12. The molecule has 1 N–H and O–H groups in total. The number of benzene rings is 1. The van der Waals surface area contributed by atoms with Crippen molar-refractivity contribution in [1.29, 1.82) is 0 Å². The molecule has 5 heteroatoms. The molecule has 0 heterocycles. The van der Waals surface area contributed by atoms with Crippen LogP contribution in [-0.2, 0) is 0 Å². The third-order valence-electron chi connectivity index (χ3n) is 2.82. The number of aryl methyl sites for hydroxylation is 1. The molecule has 1 unspecified atom stereocenters. The highest BCUT2D eigenvalue weighted by Crippen LogP contribution is 2.30. The van der Waals surface area contributed by atoms with Crippen molar-refractivity contribution in [3.05, 3.63) is 32.3 Å². The average Bonchev–Trinajstić information content (AvgIpc) is 2.26. The molecular weight excluding hydrogens is 284 g/mol. The van der Waals surface area contributed by atoms with E-state index in [-0.39, 0.29) is 10.6 Å². The monoisotopic (exact) mass is 300 g/mol. The lowest BCUT2D eigenvalue weighted by Gasteiger charge is -2.13. The summed E-state index contributed by atoms with van der Waals surface area (Å²) in [5.74, 6) is 0.544. The first-order valence-electron chi connectivity index (χ1n) is 5.64. The van der Waals surface area contributed by atoms with Crippen molar-refractivity contribution in [2.75, 3.05) is 11.9 Å². The van der Waals surface area contributed by atoms with E-state index < -0.39 is 0 Å². The number of hydrogen-bond acceptors (Lipinski definition) is 3. The normalized spacial score (nSPS) is 12.2. The molecule has 0 aliphatic heterocycles. The minimum Gasteiger partial charge on any atom is -0.384 e. The van der Waals surface area contributed by atoms with Gasteiger partial charge in [0.15, 0.2) is 0 Å². The second-order valence-electron chi connectivity index (χ2n) is 4.27. The Morgan fingerprint density at radius 3 is 2.71 bits per heavy atom. The zero-order valence-electron chi connectivity index (χ0n) is 10.3. The molecule has 0 aliphatic rings. The standard InChI is InChI=1S/C12H17BrN2O2/c1-4-8(2)7-14-11-6-12(15(16)17)9(3)5-10(11)13/h5-6,8,14H,4,7H2,1-3H3. The van der Waals surface area contributed by atoms with Crippen molar-refractivity contribution in [1.82, 2.24) is 0 Å². The van der Waals surface area contributed by atoms with Crippen molar-refractivity contribution in [2.24, 2.45) is 5.92 Å². The Labute approximate surface area is 110 Å². The van der Waals surface area contributed by atoms with E-state index in [0.29, 0.717) is 11.5 Å². The first kappa shape index (κ1) is 14.0. The minimum absolute atomic E-state index is 0.153. The van der Waals surface area contributed by atoms with Gasteiger partial charge < -0.3 is 5.32 Å². The molecular formula is C12H17BrN2O2. The molecule has 1 atom stereocenters. The smallest absolute Gasteiger partial charge is 0.274 e. The van der Waals surface area contributed by atoms with Crippen LogP contribution in [0.2, 0.25) is 0 Å². The maximum atomic E-state index is 10.8. The van der Waals surface area contributed by atoms with Crippen molar-refractivity contribution in [2.45, 2.75) is 27.2 Å². The molecule has 0 aromatic heterocycles. The van der Waals surface area contributed by atoms with Gasteiger partial charge in [-0.1, -0.05) is 20.3 Å². The number of nitro groups is 1. The number of nitrogens with zero attached hydrogens (tertiary/aromatic N) is 1. The zero-order chi connectivity index (χ0) is 13.0. The zero-order valence-corrected chi connectivity index (χ0v) is 11.9. The highest BCUT2D eigenvalue weighted by Gasteiger charge is 2.14. The number of nitro benzene ring substituents is 1. The number of rotatable bonds is 5. The summed E-state index contributed by atoms with van der Waals surface area (Å²) in [6, 6.07) is 3.36. The molecule has 4 nitrogen and oxygen atoms in total. The number of halogens is 1. The van der Waals surface area contributed by atoms with Crippen LogP contribution in [0.5, 0.6) is 0 Å². The van der Waals surface area contributed by atoms with Gasteiger partial charge in [0.2, 0.25) is 0 Å². The molecule has 0 radical (unpaired) electrons. The van der Waals surface area contributed by atoms with Gasteiger partial charge in [0.1, 0.15) is 0 Å². The SMILES string of the molecule is CCC(C)CNc1cc([N+](=O)[O-])c(C)cc1Br. The Morgan fingerprint density at radius 2 is 2.18 bits per heavy atom. The van der Waals surface area contributed by atoms with Gasteiger partial charge in [-0.05, 0) is 34.8 Å². The van der Waals surface area contributed by atoms with Gasteiger partial charge in [-0.15, -0.1) is 0 Å². The van der Waals surface area contributed by atoms with Crippen molar-refractivity contribution < 1.29 is 4.92 Å². The van der Waals surface area contributed by atoms with Crippen molar-refractivity contribution in [3.63, 3.8) is 0 Å². The number of nitrogens with one attached hydrogen (secondary N) is 1. The van der Waals surface area contributed by atoms with Gasteiger partial charge in [-0.2, -0.15) is 0 Å². The fourth-order valence-corrected chi connectivity index (χ4v) is 2.02. The van der Waals surface area contributed by atoms with Crippen LogP contribution in [0.3, 0.4) is 0 Å². The van der Waals surface area contributed by atoms with Gasteiger partial charge in [-0.3, -0.25) is 10.1 Å². The van der Waals surface area contributed by atoms with Crippen LogP contribution >= 0.6 is 15.9 Å². The van der Waals surface area contributed by atoms with Crippen LogP contribution in [0.15, 0.2) is 16.6 Å². The summed E-state index contributed by atoms with van der Waals surface area (Å²) in [6.07, 6.45) is 1.08. The minimum atomic E-state index is -0.351. The van der Waals surface area contributed by atoms with Crippen LogP contribution in [0.25, 0.3) is 0 Å². The summed E-state index contributed by atoms with van der Waals surface area (Å²) >= 11 is 3.42. The summed E-state index contributed by atoms with van der Waals surface area (Å²) in [4.78, 5) is 10.5. The highest BCUT2D eigenvalue weighted by molar-refractivity contribution is 9.10. The summed E-state index contributed by atoms with van der Waals surface area (Å²) < 4.78 is 0.865. The number of anilines is 1. The molecule has 1 rings (SSSR count). The largest absolute Gasteiger partial charge is 0.384 e. The summed E-state index contributed by atoms with van der Waals surface area (Å²) in [6.45, 7) is 6.82.